The number of nitrogens with zero attached hydrogens (tertiary/aromatic N) is 1. The Balaban J connectivity index is 1.91. The second-order valence-electron chi connectivity index (χ2n) is 4.27. The van der Waals surface area contributed by atoms with Crippen molar-refractivity contribution in [2.24, 2.45) is 0 Å². The molecule has 1 radical (unpaired) electrons. The predicted molar refractivity (Wildman–Crippen MR) is 63.8 cm³/mol. The molecule has 2 heteroatoms. The van der Waals surface area contributed by atoms with Gasteiger partial charge in [-0.1, -0.05) is 5.92 Å². The largest absolute Gasteiger partial charge is 0.490 e. The van der Waals surface area contributed by atoms with Crippen LogP contribution in [0.4, 0.5) is 0 Å². The molecule has 1 aliphatic heterocycles. The van der Waals surface area contributed by atoms with E-state index in [0.717, 1.165) is 37.2 Å². The third-order valence-corrected chi connectivity index (χ3v) is 2.97. The minimum absolute atomic E-state index is 0.339. The Morgan fingerprint density at radius 1 is 1.25 bits per heavy atom. The Morgan fingerprint density at radius 3 is 2.44 bits per heavy atom. The second kappa shape index (κ2) is 5.05. The molecular formula is C14H16NO. The minimum atomic E-state index is 0.339. The summed E-state index contributed by atoms with van der Waals surface area (Å²) < 4.78 is 5.89. The Hall–Kier alpha value is -1.46. The first-order valence-electron chi connectivity index (χ1n) is 5.66. The van der Waals surface area contributed by atoms with Crippen molar-refractivity contribution >= 4 is 0 Å². The quantitative estimate of drug-likeness (QED) is 0.699. The van der Waals surface area contributed by atoms with Gasteiger partial charge in [0.05, 0.1) is 0 Å². The number of hydrogen-bond donors (Lipinski definition) is 0. The summed E-state index contributed by atoms with van der Waals surface area (Å²) >= 11 is 0. The standard InChI is InChI=1S/C14H16NO/c1-3-12-4-6-13(7-5-12)16-14-8-10-15(2)11-9-14/h4-7,14H,8-11H2,2H3. The van der Waals surface area contributed by atoms with Crippen molar-refractivity contribution in [1.82, 2.24) is 4.90 Å². The molecule has 0 amide bonds. The molecule has 0 saturated carbocycles. The maximum Gasteiger partial charge on any atom is 0.119 e. The Morgan fingerprint density at radius 2 is 1.88 bits per heavy atom. The van der Waals surface area contributed by atoms with Gasteiger partial charge in [0, 0.05) is 18.7 Å². The van der Waals surface area contributed by atoms with Crippen molar-refractivity contribution in [3.05, 3.63) is 36.3 Å². The maximum absolute atomic E-state index is 6.99. The smallest absolute Gasteiger partial charge is 0.119 e. The molecule has 0 spiro atoms. The lowest BCUT2D eigenvalue weighted by molar-refractivity contribution is 0.114. The summed E-state index contributed by atoms with van der Waals surface area (Å²) in [4.78, 5) is 2.33. The van der Waals surface area contributed by atoms with Gasteiger partial charge in [-0.15, -0.1) is 0 Å². The summed E-state index contributed by atoms with van der Waals surface area (Å²) in [5, 5.41) is 0. The van der Waals surface area contributed by atoms with E-state index >= 15 is 0 Å². The topological polar surface area (TPSA) is 12.5 Å². The molecule has 83 valence electrons. The molecule has 0 bridgehead atoms. The van der Waals surface area contributed by atoms with Crippen LogP contribution in [0.1, 0.15) is 18.4 Å². The second-order valence-corrected chi connectivity index (χ2v) is 4.27. The first kappa shape index (κ1) is 11.0. The van der Waals surface area contributed by atoms with Gasteiger partial charge in [0.15, 0.2) is 0 Å². The molecular weight excluding hydrogens is 198 g/mol. The van der Waals surface area contributed by atoms with Gasteiger partial charge in [0.25, 0.3) is 0 Å². The van der Waals surface area contributed by atoms with Gasteiger partial charge in [0.2, 0.25) is 0 Å². The van der Waals surface area contributed by atoms with Gasteiger partial charge in [-0.3, -0.25) is 0 Å². The van der Waals surface area contributed by atoms with E-state index in [1.54, 1.807) is 0 Å². The molecule has 0 atom stereocenters. The predicted octanol–water partition coefficient (Wildman–Crippen LogP) is 2.10. The number of benzene rings is 1. The molecule has 1 aliphatic rings. The molecule has 2 rings (SSSR count). The Bertz CT molecular complexity index is 369. The average Bonchev–Trinajstić information content (AvgIpc) is 2.33. The van der Waals surface area contributed by atoms with Crippen LogP contribution in [0.5, 0.6) is 5.75 Å². The Labute approximate surface area is 97.2 Å². The lowest BCUT2D eigenvalue weighted by Gasteiger charge is -2.29. The molecule has 0 aromatic heterocycles. The van der Waals surface area contributed by atoms with E-state index in [1.165, 1.54) is 0 Å². The van der Waals surface area contributed by atoms with Gasteiger partial charge in [0.1, 0.15) is 11.9 Å². The fourth-order valence-corrected chi connectivity index (χ4v) is 1.91. The molecule has 0 aliphatic carbocycles. The first-order chi connectivity index (χ1) is 7.78. The van der Waals surface area contributed by atoms with E-state index < -0.39 is 0 Å². The molecule has 2 nitrogen and oxygen atoms in total. The van der Waals surface area contributed by atoms with Crippen LogP contribution >= 0.6 is 0 Å². The van der Waals surface area contributed by atoms with Crippen LogP contribution in [0, 0.1) is 12.3 Å². The monoisotopic (exact) mass is 214 g/mol. The number of piperidine rings is 1. The zero-order valence-electron chi connectivity index (χ0n) is 9.57. The van der Waals surface area contributed by atoms with Gasteiger partial charge in [-0.05, 0) is 50.6 Å². The molecule has 1 fully saturated rings. The van der Waals surface area contributed by atoms with E-state index in [2.05, 4.69) is 17.9 Å². The van der Waals surface area contributed by atoms with Crippen LogP contribution in [-0.4, -0.2) is 31.1 Å². The van der Waals surface area contributed by atoms with Gasteiger partial charge >= 0.3 is 0 Å². The lowest BCUT2D eigenvalue weighted by Crippen LogP contribution is -2.35. The fraction of sp³-hybridized carbons (Fsp3) is 0.429. The summed E-state index contributed by atoms with van der Waals surface area (Å²) in [6, 6.07) is 7.54. The van der Waals surface area contributed by atoms with Crippen molar-refractivity contribution in [3.63, 3.8) is 0 Å². The highest BCUT2D eigenvalue weighted by Gasteiger charge is 2.17. The van der Waals surface area contributed by atoms with Crippen LogP contribution in [0.25, 0.3) is 0 Å². The van der Waals surface area contributed by atoms with Crippen LogP contribution in [0.3, 0.4) is 0 Å². The molecule has 1 aromatic rings. The number of hydrogen-bond acceptors (Lipinski definition) is 2. The van der Waals surface area contributed by atoms with Crippen LogP contribution < -0.4 is 4.74 Å². The maximum atomic E-state index is 6.99. The highest BCUT2D eigenvalue weighted by Crippen LogP contribution is 2.18. The van der Waals surface area contributed by atoms with E-state index in [4.69, 9.17) is 11.2 Å². The van der Waals surface area contributed by atoms with Crippen LogP contribution in [0.2, 0.25) is 0 Å². The SMILES string of the molecule is [C]#Cc1ccc(OC2CCN(C)CC2)cc1. The van der Waals surface area contributed by atoms with Gasteiger partial charge < -0.3 is 9.64 Å². The van der Waals surface area contributed by atoms with Gasteiger partial charge in [-0.2, -0.15) is 0 Å². The fourth-order valence-electron chi connectivity index (χ4n) is 1.91. The highest BCUT2D eigenvalue weighted by molar-refractivity contribution is 5.35. The van der Waals surface area contributed by atoms with Crippen LogP contribution in [-0.2, 0) is 0 Å². The molecule has 0 unspecified atom stereocenters. The number of rotatable bonds is 2. The Kier molecular flexibility index (Phi) is 3.48. The summed E-state index contributed by atoms with van der Waals surface area (Å²) in [6.07, 6.45) is 9.52. The lowest BCUT2D eigenvalue weighted by atomic mass is 10.1. The number of likely N-dealkylation sites (tertiary alicyclic amines) is 1. The van der Waals surface area contributed by atoms with Crippen LogP contribution in [0.15, 0.2) is 24.3 Å². The molecule has 1 saturated heterocycles. The summed E-state index contributed by atoms with van der Waals surface area (Å²) in [7, 11) is 2.14. The average molecular weight is 214 g/mol. The van der Waals surface area contributed by atoms with Crippen molar-refractivity contribution < 1.29 is 4.74 Å². The molecule has 1 heterocycles. The highest BCUT2D eigenvalue weighted by atomic mass is 16.5. The summed E-state index contributed by atoms with van der Waals surface area (Å²) in [5.74, 6) is 3.25. The zero-order valence-corrected chi connectivity index (χ0v) is 9.57. The van der Waals surface area contributed by atoms with Crippen molar-refractivity contribution in [2.45, 2.75) is 18.9 Å². The van der Waals surface area contributed by atoms with E-state index in [9.17, 15) is 0 Å². The minimum Gasteiger partial charge on any atom is -0.490 e. The van der Waals surface area contributed by atoms with Crippen molar-refractivity contribution in [3.8, 4) is 11.7 Å². The number of ether oxygens (including phenoxy) is 1. The molecule has 16 heavy (non-hydrogen) atoms. The van der Waals surface area contributed by atoms with E-state index in [1.807, 2.05) is 24.3 Å². The molecule has 0 N–H and O–H groups in total. The van der Waals surface area contributed by atoms with Crippen molar-refractivity contribution in [2.75, 3.05) is 20.1 Å². The molecule has 1 aromatic carbocycles. The summed E-state index contributed by atoms with van der Waals surface area (Å²) in [6.45, 7) is 2.22. The zero-order chi connectivity index (χ0) is 11.4. The third kappa shape index (κ3) is 2.77. The summed E-state index contributed by atoms with van der Waals surface area (Å²) in [5.41, 5.74) is 0.788. The van der Waals surface area contributed by atoms with Crippen molar-refractivity contribution in [1.29, 1.82) is 0 Å². The van der Waals surface area contributed by atoms with E-state index in [0.29, 0.717) is 6.10 Å². The normalized spacial score (nSPS) is 18.0. The first-order valence-corrected chi connectivity index (χ1v) is 5.66. The van der Waals surface area contributed by atoms with Gasteiger partial charge in [-0.25, -0.2) is 0 Å². The van der Waals surface area contributed by atoms with E-state index in [-0.39, 0.29) is 0 Å². The third-order valence-electron chi connectivity index (χ3n) is 2.97.